The van der Waals surface area contributed by atoms with Gasteiger partial charge in [0.2, 0.25) is 5.91 Å². The molecule has 0 bridgehead atoms. The Morgan fingerprint density at radius 2 is 2.06 bits per heavy atom. The molecule has 0 radical (unpaired) electrons. The largest absolute Gasteiger partial charge is 0.324 e. The highest BCUT2D eigenvalue weighted by molar-refractivity contribution is 9.10. The summed E-state index contributed by atoms with van der Waals surface area (Å²) in [5.74, 6) is -0.226. The van der Waals surface area contributed by atoms with Crippen molar-refractivity contribution in [3.05, 3.63) is 28.2 Å². The number of rotatable bonds is 4. The molecule has 0 heterocycles. The normalized spacial score (nSPS) is 10.8. The Bertz CT molecular complexity index is 487. The minimum Gasteiger partial charge on any atom is -0.324 e. The standard InChI is InChI=1S/C14H17BrN2O/c1-4-14(5-2,9-16)13(18)17-12-8-11(15)7-6-10(12)3/h6-8H,4-5H2,1-3H3,(H,17,18). The quantitative estimate of drug-likeness (QED) is 0.913. The number of nitrogens with zero attached hydrogens (tertiary/aromatic N) is 1. The number of benzene rings is 1. The fourth-order valence-corrected chi connectivity index (χ4v) is 2.11. The lowest BCUT2D eigenvalue weighted by atomic mass is 9.83. The maximum absolute atomic E-state index is 12.2. The first-order chi connectivity index (χ1) is 8.49. The van der Waals surface area contributed by atoms with Crippen molar-refractivity contribution in [3.8, 4) is 6.07 Å². The Kier molecular flexibility index (Phi) is 4.92. The van der Waals surface area contributed by atoms with Crippen LogP contribution >= 0.6 is 15.9 Å². The fourth-order valence-electron chi connectivity index (χ4n) is 1.75. The van der Waals surface area contributed by atoms with E-state index in [1.807, 2.05) is 39.0 Å². The van der Waals surface area contributed by atoms with Crippen LogP contribution in [-0.2, 0) is 4.79 Å². The van der Waals surface area contributed by atoms with Gasteiger partial charge in [-0.25, -0.2) is 0 Å². The first-order valence-corrected chi connectivity index (χ1v) is 6.77. The molecule has 0 atom stereocenters. The molecule has 1 aromatic rings. The van der Waals surface area contributed by atoms with Crippen LogP contribution in [0.4, 0.5) is 5.69 Å². The van der Waals surface area contributed by atoms with Crippen LogP contribution in [0, 0.1) is 23.7 Å². The topological polar surface area (TPSA) is 52.9 Å². The van der Waals surface area contributed by atoms with Crippen LogP contribution in [0.2, 0.25) is 0 Å². The van der Waals surface area contributed by atoms with Gasteiger partial charge in [0, 0.05) is 10.2 Å². The summed E-state index contributed by atoms with van der Waals surface area (Å²) >= 11 is 3.37. The van der Waals surface area contributed by atoms with Gasteiger partial charge in [0.1, 0.15) is 5.41 Å². The van der Waals surface area contributed by atoms with Gasteiger partial charge in [-0.3, -0.25) is 4.79 Å². The Labute approximate surface area is 116 Å². The van der Waals surface area contributed by atoms with Crippen LogP contribution in [0.5, 0.6) is 0 Å². The summed E-state index contributed by atoms with van der Waals surface area (Å²) < 4.78 is 0.902. The molecule has 1 N–H and O–H groups in total. The van der Waals surface area contributed by atoms with E-state index < -0.39 is 5.41 Å². The monoisotopic (exact) mass is 308 g/mol. The smallest absolute Gasteiger partial charge is 0.244 e. The summed E-state index contributed by atoms with van der Waals surface area (Å²) in [6.45, 7) is 5.65. The van der Waals surface area contributed by atoms with Crippen molar-refractivity contribution in [3.63, 3.8) is 0 Å². The van der Waals surface area contributed by atoms with Crippen molar-refractivity contribution in [2.24, 2.45) is 5.41 Å². The van der Waals surface area contributed by atoms with Crippen molar-refractivity contribution in [1.82, 2.24) is 0 Å². The number of halogens is 1. The third-order valence-corrected chi connectivity index (χ3v) is 3.80. The molecule has 0 aromatic heterocycles. The molecule has 3 nitrogen and oxygen atoms in total. The van der Waals surface area contributed by atoms with E-state index >= 15 is 0 Å². The van der Waals surface area contributed by atoms with Crippen LogP contribution in [-0.4, -0.2) is 5.91 Å². The number of carbonyl (C=O) groups excluding carboxylic acids is 1. The highest BCUT2D eigenvalue weighted by Crippen LogP contribution is 2.29. The molecule has 18 heavy (non-hydrogen) atoms. The molecule has 0 unspecified atom stereocenters. The maximum Gasteiger partial charge on any atom is 0.244 e. The number of hydrogen-bond acceptors (Lipinski definition) is 2. The zero-order valence-electron chi connectivity index (χ0n) is 10.9. The molecule has 96 valence electrons. The number of amides is 1. The summed E-state index contributed by atoms with van der Waals surface area (Å²) in [6, 6.07) is 7.83. The van der Waals surface area contributed by atoms with E-state index in [2.05, 4.69) is 27.3 Å². The van der Waals surface area contributed by atoms with E-state index in [1.165, 1.54) is 0 Å². The van der Waals surface area contributed by atoms with E-state index in [1.54, 1.807) is 0 Å². The minimum atomic E-state index is -0.936. The Balaban J connectivity index is 3.01. The Morgan fingerprint density at radius 3 is 2.56 bits per heavy atom. The molecular formula is C14H17BrN2O. The lowest BCUT2D eigenvalue weighted by Crippen LogP contribution is -2.34. The van der Waals surface area contributed by atoms with Gasteiger partial charge in [0.05, 0.1) is 6.07 Å². The Morgan fingerprint density at radius 1 is 1.44 bits per heavy atom. The molecule has 4 heteroatoms. The average Bonchev–Trinajstić information content (AvgIpc) is 2.37. The van der Waals surface area contributed by atoms with Gasteiger partial charge in [-0.1, -0.05) is 35.8 Å². The van der Waals surface area contributed by atoms with Crippen LogP contribution < -0.4 is 5.32 Å². The zero-order chi connectivity index (χ0) is 13.8. The average molecular weight is 309 g/mol. The lowest BCUT2D eigenvalue weighted by Gasteiger charge is -2.22. The summed E-state index contributed by atoms with van der Waals surface area (Å²) in [6.07, 6.45) is 1.03. The highest BCUT2D eigenvalue weighted by atomic mass is 79.9. The highest BCUT2D eigenvalue weighted by Gasteiger charge is 2.35. The van der Waals surface area contributed by atoms with Crippen LogP contribution in [0.15, 0.2) is 22.7 Å². The molecule has 1 amide bonds. The van der Waals surface area contributed by atoms with Crippen molar-refractivity contribution < 1.29 is 4.79 Å². The van der Waals surface area contributed by atoms with E-state index in [0.717, 1.165) is 15.7 Å². The first-order valence-electron chi connectivity index (χ1n) is 5.98. The van der Waals surface area contributed by atoms with Gasteiger partial charge in [-0.2, -0.15) is 5.26 Å². The van der Waals surface area contributed by atoms with E-state index in [0.29, 0.717) is 12.8 Å². The number of nitriles is 1. The molecular weight excluding hydrogens is 292 g/mol. The third-order valence-electron chi connectivity index (χ3n) is 3.30. The summed E-state index contributed by atoms with van der Waals surface area (Å²) in [4.78, 5) is 12.2. The Hall–Kier alpha value is -1.34. The van der Waals surface area contributed by atoms with Gasteiger partial charge < -0.3 is 5.32 Å². The summed E-state index contributed by atoms with van der Waals surface area (Å²) in [7, 11) is 0. The number of carbonyl (C=O) groups is 1. The SMILES string of the molecule is CCC(C#N)(CC)C(=O)Nc1cc(Br)ccc1C. The van der Waals surface area contributed by atoms with Crippen molar-refractivity contribution >= 4 is 27.5 Å². The molecule has 0 fully saturated rings. The van der Waals surface area contributed by atoms with E-state index in [-0.39, 0.29) is 5.91 Å². The van der Waals surface area contributed by atoms with Gasteiger partial charge >= 0.3 is 0 Å². The third kappa shape index (κ3) is 2.91. The van der Waals surface area contributed by atoms with Crippen molar-refractivity contribution in [2.45, 2.75) is 33.6 Å². The van der Waals surface area contributed by atoms with Crippen molar-refractivity contribution in [1.29, 1.82) is 5.26 Å². The van der Waals surface area contributed by atoms with Crippen LogP contribution in [0.1, 0.15) is 32.3 Å². The summed E-state index contributed by atoms with van der Waals surface area (Å²) in [5.41, 5.74) is 0.788. The van der Waals surface area contributed by atoms with Crippen LogP contribution in [0.3, 0.4) is 0 Å². The van der Waals surface area contributed by atoms with Gasteiger partial charge in [0.25, 0.3) is 0 Å². The molecule has 0 aliphatic carbocycles. The fraction of sp³-hybridized carbons (Fsp3) is 0.429. The van der Waals surface area contributed by atoms with Gasteiger partial charge in [-0.05, 0) is 37.5 Å². The summed E-state index contributed by atoms with van der Waals surface area (Å²) in [5, 5.41) is 12.1. The molecule has 1 rings (SSSR count). The second kappa shape index (κ2) is 6.01. The number of aryl methyl sites for hydroxylation is 1. The predicted molar refractivity (Wildman–Crippen MR) is 76.1 cm³/mol. The maximum atomic E-state index is 12.2. The number of hydrogen-bond donors (Lipinski definition) is 1. The predicted octanol–water partition coefficient (Wildman–Crippen LogP) is 4.03. The molecule has 0 saturated heterocycles. The molecule has 0 aliphatic rings. The second-order valence-corrected chi connectivity index (χ2v) is 5.23. The lowest BCUT2D eigenvalue weighted by molar-refractivity contribution is -0.123. The van der Waals surface area contributed by atoms with Crippen molar-refractivity contribution in [2.75, 3.05) is 5.32 Å². The molecule has 1 aromatic carbocycles. The van der Waals surface area contributed by atoms with Gasteiger partial charge in [-0.15, -0.1) is 0 Å². The number of nitrogens with one attached hydrogen (secondary N) is 1. The zero-order valence-corrected chi connectivity index (χ0v) is 12.5. The van der Waals surface area contributed by atoms with Gasteiger partial charge in [0.15, 0.2) is 0 Å². The molecule has 0 aliphatic heterocycles. The van der Waals surface area contributed by atoms with Crippen LogP contribution in [0.25, 0.3) is 0 Å². The minimum absolute atomic E-state index is 0.226. The molecule has 0 saturated carbocycles. The van der Waals surface area contributed by atoms with E-state index in [9.17, 15) is 10.1 Å². The van der Waals surface area contributed by atoms with E-state index in [4.69, 9.17) is 0 Å². The second-order valence-electron chi connectivity index (χ2n) is 4.31. The first kappa shape index (κ1) is 14.7. The number of anilines is 1. The molecule has 0 spiro atoms.